The van der Waals surface area contributed by atoms with Gasteiger partial charge in [-0.1, -0.05) is 48.5 Å². The van der Waals surface area contributed by atoms with Crippen molar-refractivity contribution in [2.24, 2.45) is 11.8 Å². The van der Waals surface area contributed by atoms with Crippen molar-refractivity contribution in [2.75, 3.05) is 39.3 Å². The summed E-state index contributed by atoms with van der Waals surface area (Å²) in [6.45, 7) is 10.7. The van der Waals surface area contributed by atoms with Gasteiger partial charge in [0.15, 0.2) is 0 Å². The highest BCUT2D eigenvalue weighted by atomic mass is 16.2. The van der Waals surface area contributed by atoms with Gasteiger partial charge >= 0.3 is 0 Å². The number of rotatable bonds is 7. The molecule has 38 heavy (non-hydrogen) atoms. The van der Waals surface area contributed by atoms with Crippen molar-refractivity contribution < 1.29 is 14.4 Å². The van der Waals surface area contributed by atoms with E-state index in [2.05, 4.69) is 27.2 Å². The van der Waals surface area contributed by atoms with Gasteiger partial charge in [0.1, 0.15) is 6.04 Å². The molecule has 2 unspecified atom stereocenters. The van der Waals surface area contributed by atoms with Gasteiger partial charge in [-0.15, -0.1) is 0 Å². The normalized spacial score (nSPS) is 23.9. The Labute approximate surface area is 226 Å². The maximum atomic E-state index is 13.3. The first-order valence-corrected chi connectivity index (χ1v) is 14.0. The molecule has 3 aliphatic rings. The van der Waals surface area contributed by atoms with Crippen molar-refractivity contribution in [1.29, 1.82) is 0 Å². The van der Waals surface area contributed by atoms with Gasteiger partial charge in [-0.05, 0) is 61.6 Å². The molecule has 0 saturated carbocycles. The van der Waals surface area contributed by atoms with Gasteiger partial charge in [-0.2, -0.15) is 0 Å². The first-order chi connectivity index (χ1) is 18.3. The average Bonchev–Trinajstić information content (AvgIpc) is 3.62. The molecule has 7 heteroatoms. The number of amides is 3. The summed E-state index contributed by atoms with van der Waals surface area (Å²) in [5.41, 5.74) is 4.05. The maximum Gasteiger partial charge on any atom is 0.254 e. The van der Waals surface area contributed by atoms with E-state index in [0.717, 1.165) is 74.2 Å². The number of nitrogens with one attached hydrogen (secondary N) is 1. The van der Waals surface area contributed by atoms with Crippen molar-refractivity contribution >= 4 is 17.7 Å². The van der Waals surface area contributed by atoms with Crippen LogP contribution in [0.25, 0.3) is 0 Å². The Kier molecular flexibility index (Phi) is 7.84. The molecule has 5 rings (SSSR count). The topological polar surface area (TPSA) is 73.0 Å². The largest absolute Gasteiger partial charge is 0.347 e. The van der Waals surface area contributed by atoms with Crippen molar-refractivity contribution in [2.45, 2.75) is 52.1 Å². The van der Waals surface area contributed by atoms with Gasteiger partial charge in [0.05, 0.1) is 6.04 Å². The number of aryl methyl sites for hydroxylation is 2. The van der Waals surface area contributed by atoms with E-state index < -0.39 is 0 Å². The second kappa shape index (κ2) is 11.3. The Balaban J connectivity index is 1.18. The number of nitrogens with zero attached hydrogens (tertiary/aromatic N) is 3. The molecular formula is C31H40N4O3. The van der Waals surface area contributed by atoms with Crippen LogP contribution in [0.4, 0.5) is 0 Å². The number of hydrogen-bond donors (Lipinski definition) is 1. The van der Waals surface area contributed by atoms with Gasteiger partial charge in [0.2, 0.25) is 11.8 Å². The molecule has 0 radical (unpaired) electrons. The Morgan fingerprint density at radius 2 is 1.58 bits per heavy atom. The summed E-state index contributed by atoms with van der Waals surface area (Å²) < 4.78 is 0. The minimum absolute atomic E-state index is 0.0346. The van der Waals surface area contributed by atoms with Crippen LogP contribution >= 0.6 is 0 Å². The second-order valence-electron chi connectivity index (χ2n) is 11.4. The quantitative estimate of drug-likeness (QED) is 0.611. The predicted molar refractivity (Wildman–Crippen MR) is 148 cm³/mol. The molecule has 0 spiro atoms. The first-order valence-electron chi connectivity index (χ1n) is 14.0. The molecule has 7 nitrogen and oxygen atoms in total. The molecule has 1 N–H and O–H groups in total. The third-order valence-electron chi connectivity index (χ3n) is 8.76. The summed E-state index contributed by atoms with van der Waals surface area (Å²) >= 11 is 0. The number of hydrogen-bond acceptors (Lipinski definition) is 4. The van der Waals surface area contributed by atoms with E-state index in [1.165, 1.54) is 0 Å². The monoisotopic (exact) mass is 516 g/mol. The van der Waals surface area contributed by atoms with Crippen molar-refractivity contribution in [3.63, 3.8) is 0 Å². The van der Waals surface area contributed by atoms with E-state index in [9.17, 15) is 14.4 Å². The van der Waals surface area contributed by atoms with Gasteiger partial charge < -0.3 is 20.0 Å². The lowest BCUT2D eigenvalue weighted by Crippen LogP contribution is -2.46. The highest BCUT2D eigenvalue weighted by Crippen LogP contribution is 2.33. The molecule has 3 fully saturated rings. The molecule has 3 saturated heterocycles. The number of likely N-dealkylation sites (tertiary alicyclic amines) is 3. The first kappa shape index (κ1) is 26.4. The van der Waals surface area contributed by atoms with E-state index >= 15 is 0 Å². The van der Waals surface area contributed by atoms with Gasteiger partial charge in [0.25, 0.3) is 5.91 Å². The predicted octanol–water partition coefficient (Wildman–Crippen LogP) is 3.57. The van der Waals surface area contributed by atoms with Gasteiger partial charge in [0, 0.05) is 51.8 Å². The summed E-state index contributed by atoms with van der Waals surface area (Å²) in [4.78, 5) is 44.8. The molecule has 3 aliphatic heterocycles. The molecule has 2 aromatic rings. The van der Waals surface area contributed by atoms with Crippen LogP contribution < -0.4 is 5.32 Å². The van der Waals surface area contributed by atoms with Crippen molar-refractivity contribution in [1.82, 2.24) is 20.0 Å². The van der Waals surface area contributed by atoms with Crippen LogP contribution in [0.5, 0.6) is 0 Å². The molecule has 2 aromatic carbocycles. The fraction of sp³-hybridized carbons (Fsp3) is 0.516. The zero-order valence-electron chi connectivity index (χ0n) is 22.9. The van der Waals surface area contributed by atoms with Crippen LogP contribution in [0.3, 0.4) is 0 Å². The SMILES string of the molecule is CC(=O)N1CCC[C@H]1C(=O)NC(CCN1CC2CN(C(=O)c3c(C)cccc3C)C[C@@H]2C1)c1ccccc1. The Hall–Kier alpha value is -3.19. The molecule has 0 aliphatic carbocycles. The molecule has 4 atom stereocenters. The van der Waals surface area contributed by atoms with Crippen LogP contribution in [-0.4, -0.2) is 77.7 Å². The summed E-state index contributed by atoms with van der Waals surface area (Å²) in [6, 6.07) is 15.7. The van der Waals surface area contributed by atoms with Crippen LogP contribution in [0.2, 0.25) is 0 Å². The number of benzene rings is 2. The minimum Gasteiger partial charge on any atom is -0.347 e. The summed E-state index contributed by atoms with van der Waals surface area (Å²) in [7, 11) is 0. The van der Waals surface area contributed by atoms with E-state index in [1.54, 1.807) is 11.8 Å². The van der Waals surface area contributed by atoms with E-state index in [0.29, 0.717) is 18.4 Å². The number of carbonyl (C=O) groups is 3. The smallest absolute Gasteiger partial charge is 0.254 e. The molecule has 0 aromatic heterocycles. The summed E-state index contributed by atoms with van der Waals surface area (Å²) in [6.07, 6.45) is 2.40. The van der Waals surface area contributed by atoms with E-state index in [4.69, 9.17) is 0 Å². The zero-order chi connectivity index (χ0) is 26.8. The van der Waals surface area contributed by atoms with Crippen LogP contribution in [0, 0.1) is 25.7 Å². The molecule has 3 heterocycles. The van der Waals surface area contributed by atoms with Crippen molar-refractivity contribution in [3.8, 4) is 0 Å². The summed E-state index contributed by atoms with van der Waals surface area (Å²) in [5.74, 6) is 1.07. The molecule has 0 bridgehead atoms. The summed E-state index contributed by atoms with van der Waals surface area (Å²) in [5, 5.41) is 3.27. The zero-order valence-corrected chi connectivity index (χ0v) is 22.9. The van der Waals surface area contributed by atoms with Crippen LogP contribution in [0.15, 0.2) is 48.5 Å². The Morgan fingerprint density at radius 3 is 2.21 bits per heavy atom. The average molecular weight is 517 g/mol. The van der Waals surface area contributed by atoms with E-state index in [1.807, 2.05) is 50.2 Å². The Morgan fingerprint density at radius 1 is 0.921 bits per heavy atom. The minimum atomic E-state index is -0.370. The Bertz CT molecular complexity index is 1150. The van der Waals surface area contributed by atoms with Crippen molar-refractivity contribution in [3.05, 3.63) is 70.8 Å². The maximum absolute atomic E-state index is 13.3. The molecule has 3 amide bonds. The van der Waals surface area contributed by atoms with Gasteiger partial charge in [-0.25, -0.2) is 0 Å². The second-order valence-corrected chi connectivity index (χ2v) is 11.4. The lowest BCUT2D eigenvalue weighted by atomic mass is 10.0. The highest BCUT2D eigenvalue weighted by molar-refractivity contribution is 5.97. The fourth-order valence-electron chi connectivity index (χ4n) is 6.75. The third-order valence-corrected chi connectivity index (χ3v) is 8.76. The molecule has 202 valence electrons. The number of carbonyl (C=O) groups excluding carboxylic acids is 3. The third kappa shape index (κ3) is 5.48. The van der Waals surface area contributed by atoms with Gasteiger partial charge in [-0.3, -0.25) is 14.4 Å². The van der Waals surface area contributed by atoms with Crippen LogP contribution in [-0.2, 0) is 9.59 Å². The van der Waals surface area contributed by atoms with E-state index in [-0.39, 0.29) is 29.8 Å². The lowest BCUT2D eigenvalue weighted by molar-refractivity contribution is -0.137. The van der Waals surface area contributed by atoms with Crippen LogP contribution in [0.1, 0.15) is 59.3 Å². The number of fused-ring (bicyclic) bond motifs is 1. The standard InChI is InChI=1S/C31H40N4O3/c1-21-9-7-10-22(2)29(21)31(38)34-19-25-17-33(18-26(25)20-34)16-14-27(24-11-5-4-6-12-24)32-30(37)28-13-8-15-35(28)23(3)36/h4-7,9-12,25-28H,8,13-20H2,1-3H3,(H,32,37)/t25-,26?,27?,28-/m0/s1. The highest BCUT2D eigenvalue weighted by Gasteiger charge is 2.42. The fourth-order valence-corrected chi connectivity index (χ4v) is 6.75. The molecular weight excluding hydrogens is 476 g/mol. The lowest BCUT2D eigenvalue weighted by Gasteiger charge is -2.28.